The van der Waals surface area contributed by atoms with E-state index >= 15 is 0 Å². The smallest absolute Gasteiger partial charge is 0.268 e. The predicted octanol–water partition coefficient (Wildman–Crippen LogP) is 2.56. The molecule has 5 nitrogen and oxygen atoms in total. The van der Waals surface area contributed by atoms with E-state index in [1.54, 1.807) is 11.3 Å². The van der Waals surface area contributed by atoms with Gasteiger partial charge in [-0.05, 0) is 18.4 Å². The molecular weight excluding hydrogens is 296 g/mol. The molecule has 2 aromatic heterocycles. The van der Waals surface area contributed by atoms with Gasteiger partial charge in [0.15, 0.2) is 0 Å². The topological polar surface area (TPSA) is 72.9 Å². The van der Waals surface area contributed by atoms with Gasteiger partial charge in [0.1, 0.15) is 5.69 Å². The number of thiazole rings is 1. The molecule has 0 aliphatic rings. The third-order valence-corrected chi connectivity index (χ3v) is 4.51. The first-order chi connectivity index (χ1) is 10.2. The number of amides is 1. The summed E-state index contributed by atoms with van der Waals surface area (Å²) in [6.45, 7) is 8.59. The average Bonchev–Trinajstić information content (AvgIpc) is 3.00. The van der Waals surface area contributed by atoms with E-state index in [0.29, 0.717) is 12.2 Å². The molecule has 0 aromatic carbocycles. The fraction of sp³-hybridized carbons (Fsp3) is 0.500. The molecule has 120 valence electrons. The summed E-state index contributed by atoms with van der Waals surface area (Å²) < 4.78 is 1.83. The number of hydrogen-bond donors (Lipinski definition) is 2. The SMILES string of the molecule is Cc1nc(-c2cc(C(=O)NC(CN)C(C)(C)C)n(C)c2)cs1. The first kappa shape index (κ1) is 16.7. The van der Waals surface area contributed by atoms with Crippen LogP contribution in [-0.2, 0) is 7.05 Å². The Balaban J connectivity index is 2.22. The maximum atomic E-state index is 12.5. The zero-order valence-electron chi connectivity index (χ0n) is 13.8. The standard InChI is InChI=1S/C16H24N4OS/c1-10-18-12(9-22-10)11-6-13(20(5)8-11)15(21)19-14(7-17)16(2,3)4/h6,8-9,14H,7,17H2,1-5H3,(H,19,21). The predicted molar refractivity (Wildman–Crippen MR) is 91.0 cm³/mol. The molecule has 0 radical (unpaired) electrons. The summed E-state index contributed by atoms with van der Waals surface area (Å²) in [7, 11) is 1.87. The first-order valence-electron chi connectivity index (χ1n) is 7.32. The van der Waals surface area contributed by atoms with Gasteiger partial charge in [0.25, 0.3) is 5.91 Å². The maximum Gasteiger partial charge on any atom is 0.268 e. The molecule has 0 saturated carbocycles. The van der Waals surface area contributed by atoms with Crippen molar-refractivity contribution < 1.29 is 4.79 Å². The number of hydrogen-bond acceptors (Lipinski definition) is 4. The molecule has 6 heteroatoms. The maximum absolute atomic E-state index is 12.5. The van der Waals surface area contributed by atoms with Crippen molar-refractivity contribution in [2.45, 2.75) is 33.7 Å². The normalized spacial score (nSPS) is 13.2. The lowest BCUT2D eigenvalue weighted by Gasteiger charge is -2.30. The molecule has 1 unspecified atom stereocenters. The van der Waals surface area contributed by atoms with Gasteiger partial charge in [-0.1, -0.05) is 20.8 Å². The summed E-state index contributed by atoms with van der Waals surface area (Å²) in [4.78, 5) is 17.0. The quantitative estimate of drug-likeness (QED) is 0.909. The second-order valence-electron chi connectivity index (χ2n) is 6.60. The summed E-state index contributed by atoms with van der Waals surface area (Å²) in [5, 5.41) is 6.05. The number of aryl methyl sites for hydroxylation is 2. The fourth-order valence-electron chi connectivity index (χ4n) is 2.29. The van der Waals surface area contributed by atoms with Crippen LogP contribution < -0.4 is 11.1 Å². The second kappa shape index (κ2) is 6.22. The lowest BCUT2D eigenvalue weighted by atomic mass is 9.86. The van der Waals surface area contributed by atoms with Gasteiger partial charge >= 0.3 is 0 Å². The largest absolute Gasteiger partial charge is 0.346 e. The Kier molecular flexibility index (Phi) is 4.72. The fourth-order valence-corrected chi connectivity index (χ4v) is 2.91. The van der Waals surface area contributed by atoms with Crippen molar-refractivity contribution in [1.29, 1.82) is 0 Å². The molecule has 2 heterocycles. The minimum Gasteiger partial charge on any atom is -0.346 e. The van der Waals surface area contributed by atoms with Crippen molar-refractivity contribution in [3.63, 3.8) is 0 Å². The van der Waals surface area contributed by atoms with Gasteiger partial charge in [-0.3, -0.25) is 4.79 Å². The van der Waals surface area contributed by atoms with Crippen molar-refractivity contribution in [3.8, 4) is 11.3 Å². The van der Waals surface area contributed by atoms with Crippen LogP contribution in [0.1, 0.15) is 36.3 Å². The summed E-state index contributed by atoms with van der Waals surface area (Å²) in [5.41, 5.74) is 8.19. The Morgan fingerprint density at radius 2 is 2.18 bits per heavy atom. The van der Waals surface area contributed by atoms with Crippen LogP contribution in [0.15, 0.2) is 17.6 Å². The van der Waals surface area contributed by atoms with Gasteiger partial charge in [0.05, 0.1) is 10.7 Å². The van der Waals surface area contributed by atoms with E-state index in [-0.39, 0.29) is 17.4 Å². The van der Waals surface area contributed by atoms with Gasteiger partial charge in [-0.25, -0.2) is 4.98 Å². The minimum absolute atomic E-state index is 0.0696. The minimum atomic E-state index is -0.105. The number of nitrogens with two attached hydrogens (primary N) is 1. The van der Waals surface area contributed by atoms with E-state index in [1.165, 1.54) is 0 Å². The third kappa shape index (κ3) is 3.56. The summed E-state index contributed by atoms with van der Waals surface area (Å²) in [5.74, 6) is -0.105. The molecule has 1 amide bonds. The van der Waals surface area contributed by atoms with Gasteiger partial charge in [0, 0.05) is 36.8 Å². The highest BCUT2D eigenvalue weighted by Crippen LogP contribution is 2.24. The summed E-state index contributed by atoms with van der Waals surface area (Å²) in [6.07, 6.45) is 1.93. The zero-order valence-corrected chi connectivity index (χ0v) is 14.6. The molecule has 22 heavy (non-hydrogen) atoms. The van der Waals surface area contributed by atoms with Crippen LogP contribution in [0.5, 0.6) is 0 Å². The van der Waals surface area contributed by atoms with Crippen LogP contribution in [0, 0.1) is 12.3 Å². The molecule has 0 aliphatic carbocycles. The molecular formula is C16H24N4OS. The molecule has 3 N–H and O–H groups in total. The highest BCUT2D eigenvalue weighted by atomic mass is 32.1. The van der Waals surface area contributed by atoms with Gasteiger partial charge in [0.2, 0.25) is 0 Å². The van der Waals surface area contributed by atoms with Crippen LogP contribution in [0.3, 0.4) is 0 Å². The van der Waals surface area contributed by atoms with E-state index in [1.807, 2.05) is 36.2 Å². The molecule has 2 rings (SSSR count). The lowest BCUT2D eigenvalue weighted by Crippen LogP contribution is -2.48. The van der Waals surface area contributed by atoms with E-state index in [4.69, 9.17) is 5.73 Å². The zero-order chi connectivity index (χ0) is 16.5. The number of rotatable bonds is 4. The molecule has 0 saturated heterocycles. The third-order valence-electron chi connectivity index (χ3n) is 3.74. The Labute approximate surface area is 135 Å². The molecule has 2 aromatic rings. The number of carbonyl (C=O) groups excluding carboxylic acids is 1. The van der Waals surface area contributed by atoms with Gasteiger partial charge in [-0.15, -0.1) is 11.3 Å². The highest BCUT2D eigenvalue weighted by molar-refractivity contribution is 7.09. The van der Waals surface area contributed by atoms with E-state index < -0.39 is 0 Å². The Bertz CT molecular complexity index is 666. The second-order valence-corrected chi connectivity index (χ2v) is 7.67. The average molecular weight is 320 g/mol. The van der Waals surface area contributed by atoms with E-state index in [2.05, 4.69) is 31.1 Å². The van der Waals surface area contributed by atoms with Crippen LogP contribution >= 0.6 is 11.3 Å². The molecule has 1 atom stereocenters. The molecule has 0 bridgehead atoms. The molecule has 0 fully saturated rings. The monoisotopic (exact) mass is 320 g/mol. The van der Waals surface area contributed by atoms with Crippen molar-refractivity contribution >= 4 is 17.2 Å². The van der Waals surface area contributed by atoms with Crippen LogP contribution in [-0.4, -0.2) is 28.0 Å². The molecule has 0 aliphatic heterocycles. The van der Waals surface area contributed by atoms with Crippen molar-refractivity contribution in [2.24, 2.45) is 18.2 Å². The molecule has 0 spiro atoms. The first-order valence-corrected chi connectivity index (χ1v) is 8.20. The van der Waals surface area contributed by atoms with Gasteiger partial charge in [-0.2, -0.15) is 0 Å². The highest BCUT2D eigenvalue weighted by Gasteiger charge is 2.26. The van der Waals surface area contributed by atoms with Crippen LogP contribution in [0.25, 0.3) is 11.3 Å². The number of nitrogens with one attached hydrogen (secondary N) is 1. The Morgan fingerprint density at radius 1 is 1.50 bits per heavy atom. The van der Waals surface area contributed by atoms with Crippen molar-refractivity contribution in [1.82, 2.24) is 14.9 Å². The van der Waals surface area contributed by atoms with Crippen molar-refractivity contribution in [3.05, 3.63) is 28.3 Å². The van der Waals surface area contributed by atoms with E-state index in [0.717, 1.165) is 16.3 Å². The summed E-state index contributed by atoms with van der Waals surface area (Å²) in [6, 6.07) is 1.81. The number of carbonyl (C=O) groups is 1. The Hall–Kier alpha value is -1.66. The van der Waals surface area contributed by atoms with Gasteiger partial charge < -0.3 is 15.6 Å². The number of nitrogens with zero attached hydrogens (tertiary/aromatic N) is 2. The van der Waals surface area contributed by atoms with Crippen LogP contribution in [0.4, 0.5) is 0 Å². The van der Waals surface area contributed by atoms with Crippen LogP contribution in [0.2, 0.25) is 0 Å². The van der Waals surface area contributed by atoms with Crippen molar-refractivity contribution in [2.75, 3.05) is 6.54 Å². The summed E-state index contributed by atoms with van der Waals surface area (Å²) >= 11 is 1.60. The number of aromatic nitrogens is 2. The van der Waals surface area contributed by atoms with E-state index in [9.17, 15) is 4.79 Å². The lowest BCUT2D eigenvalue weighted by molar-refractivity contribution is 0.0897. The Morgan fingerprint density at radius 3 is 2.68 bits per heavy atom.